The number of fused-ring (bicyclic) bond motifs is 3. The number of alkyl halides is 3. The molecule has 10 heteroatoms. The highest BCUT2D eigenvalue weighted by Crippen LogP contribution is 2.52. The molecule has 0 aliphatic heterocycles. The lowest BCUT2D eigenvalue weighted by Gasteiger charge is -2.35. The van der Waals surface area contributed by atoms with Crippen molar-refractivity contribution in [2.75, 3.05) is 7.11 Å². The Hall–Kier alpha value is -3.50. The second-order valence-electron chi connectivity index (χ2n) is 12.0. The number of halogens is 3. The topological polar surface area (TPSA) is 70.8 Å². The van der Waals surface area contributed by atoms with Gasteiger partial charge in [0.2, 0.25) is 0 Å². The standard InChI is InChI=1S/C34H32F3NO5S/c1-40-33(39)24-11-8-21-17-26(13-12-20(21)14-24)44-32-22-9-10-23(32)16-25(15-22)41-18-28-30(38-43-31(28)19-6-7-19)27-4-2-3-5-29(27)42-34(35,36)37/h2-5,8,11-14,17,19,22-23,25,32H,6-7,9-10,15-16,18H2,1H3/t22-,23+,25+,32-. The number of hydrogen-bond donors (Lipinski definition) is 0. The molecule has 4 atom stereocenters. The van der Waals surface area contributed by atoms with Crippen LogP contribution in [-0.2, 0) is 16.1 Å². The molecule has 2 bridgehead atoms. The number of nitrogens with zero attached hydrogens (tertiary/aromatic N) is 1. The fraction of sp³-hybridized carbons (Fsp3) is 0.412. The van der Waals surface area contributed by atoms with E-state index in [-0.39, 0.29) is 35.9 Å². The van der Waals surface area contributed by atoms with Gasteiger partial charge >= 0.3 is 12.3 Å². The van der Waals surface area contributed by atoms with Crippen LogP contribution in [0.15, 0.2) is 70.1 Å². The molecule has 1 aromatic heterocycles. The number of esters is 1. The van der Waals surface area contributed by atoms with E-state index in [1.54, 1.807) is 18.2 Å². The molecule has 0 saturated heterocycles. The van der Waals surface area contributed by atoms with E-state index in [1.807, 2.05) is 23.9 Å². The van der Waals surface area contributed by atoms with Crippen molar-refractivity contribution < 1.29 is 36.7 Å². The molecule has 0 N–H and O–H groups in total. The maximum Gasteiger partial charge on any atom is 0.573 e. The van der Waals surface area contributed by atoms with E-state index in [0.717, 1.165) is 54.9 Å². The normalized spacial score (nSPS) is 23.2. The predicted molar refractivity (Wildman–Crippen MR) is 160 cm³/mol. The first-order valence-corrected chi connectivity index (χ1v) is 15.9. The third-order valence-electron chi connectivity index (χ3n) is 9.07. The van der Waals surface area contributed by atoms with Gasteiger partial charge in [0.15, 0.2) is 0 Å². The lowest BCUT2D eigenvalue weighted by atomic mass is 9.86. The van der Waals surface area contributed by atoms with Crippen LogP contribution < -0.4 is 4.74 Å². The lowest BCUT2D eigenvalue weighted by Crippen LogP contribution is -2.32. The summed E-state index contributed by atoms with van der Waals surface area (Å²) in [7, 11) is 1.38. The Kier molecular flexibility index (Phi) is 7.82. The number of rotatable bonds is 9. The van der Waals surface area contributed by atoms with E-state index in [4.69, 9.17) is 14.0 Å². The summed E-state index contributed by atoms with van der Waals surface area (Å²) in [5.41, 5.74) is 1.87. The van der Waals surface area contributed by atoms with Crippen molar-refractivity contribution in [2.24, 2.45) is 11.8 Å². The molecule has 3 aromatic carbocycles. The van der Waals surface area contributed by atoms with Crippen LogP contribution in [0.3, 0.4) is 0 Å². The number of benzene rings is 3. The first-order valence-electron chi connectivity index (χ1n) is 15.0. The van der Waals surface area contributed by atoms with E-state index in [9.17, 15) is 18.0 Å². The molecule has 0 unspecified atom stereocenters. The van der Waals surface area contributed by atoms with Gasteiger partial charge < -0.3 is 18.7 Å². The van der Waals surface area contributed by atoms with Gasteiger partial charge in [0.1, 0.15) is 17.2 Å². The van der Waals surface area contributed by atoms with Crippen molar-refractivity contribution in [2.45, 2.75) is 73.7 Å². The van der Waals surface area contributed by atoms with Gasteiger partial charge in [0, 0.05) is 27.2 Å². The minimum Gasteiger partial charge on any atom is -0.465 e. The molecule has 3 fully saturated rings. The van der Waals surface area contributed by atoms with Crippen LogP contribution in [0.25, 0.3) is 22.0 Å². The van der Waals surface area contributed by atoms with Gasteiger partial charge in [-0.3, -0.25) is 0 Å². The highest BCUT2D eigenvalue weighted by molar-refractivity contribution is 8.00. The monoisotopic (exact) mass is 623 g/mol. The molecule has 3 aliphatic rings. The van der Waals surface area contributed by atoms with Crippen molar-refractivity contribution in [1.29, 1.82) is 0 Å². The number of aromatic nitrogens is 1. The molecule has 44 heavy (non-hydrogen) atoms. The van der Waals surface area contributed by atoms with Crippen molar-refractivity contribution in [3.8, 4) is 17.0 Å². The summed E-state index contributed by atoms with van der Waals surface area (Å²) >= 11 is 1.93. The molecule has 0 amide bonds. The number of carbonyl (C=O) groups excluding carboxylic acids is 1. The van der Waals surface area contributed by atoms with E-state index in [0.29, 0.717) is 34.1 Å². The smallest absolute Gasteiger partial charge is 0.465 e. The zero-order valence-corrected chi connectivity index (χ0v) is 25.0. The summed E-state index contributed by atoms with van der Waals surface area (Å²) in [6.07, 6.45) is 1.39. The molecule has 3 saturated carbocycles. The highest BCUT2D eigenvalue weighted by atomic mass is 32.2. The van der Waals surface area contributed by atoms with Gasteiger partial charge in [-0.25, -0.2) is 4.79 Å². The first-order chi connectivity index (χ1) is 21.3. The van der Waals surface area contributed by atoms with E-state index < -0.39 is 6.36 Å². The van der Waals surface area contributed by atoms with Gasteiger partial charge in [-0.05, 0) is 97.5 Å². The zero-order chi connectivity index (χ0) is 30.4. The Labute approximate surface area is 257 Å². The molecule has 4 aromatic rings. The first kappa shape index (κ1) is 29.2. The van der Waals surface area contributed by atoms with Gasteiger partial charge in [0.25, 0.3) is 0 Å². The van der Waals surface area contributed by atoms with E-state index >= 15 is 0 Å². The third-order valence-corrected chi connectivity index (χ3v) is 10.6. The van der Waals surface area contributed by atoms with Gasteiger partial charge in [-0.15, -0.1) is 24.9 Å². The molecule has 0 radical (unpaired) electrons. The fourth-order valence-corrected chi connectivity index (χ4v) is 8.40. The van der Waals surface area contributed by atoms with Crippen molar-refractivity contribution in [3.63, 3.8) is 0 Å². The van der Waals surface area contributed by atoms with E-state index in [2.05, 4.69) is 28.1 Å². The maximum absolute atomic E-state index is 13.1. The second kappa shape index (κ2) is 11.8. The summed E-state index contributed by atoms with van der Waals surface area (Å²) in [6.45, 7) is 0.241. The maximum atomic E-state index is 13.1. The molecule has 3 aliphatic carbocycles. The van der Waals surface area contributed by atoms with Crippen molar-refractivity contribution in [3.05, 3.63) is 77.6 Å². The Morgan fingerprint density at radius 2 is 1.70 bits per heavy atom. The van der Waals surface area contributed by atoms with Crippen molar-refractivity contribution >= 4 is 28.5 Å². The van der Waals surface area contributed by atoms with E-state index in [1.165, 1.54) is 24.1 Å². The highest BCUT2D eigenvalue weighted by Gasteiger charge is 2.44. The molecule has 0 spiro atoms. The third kappa shape index (κ3) is 6.06. The molecule has 6 nitrogen and oxygen atoms in total. The Morgan fingerprint density at radius 3 is 2.43 bits per heavy atom. The predicted octanol–water partition coefficient (Wildman–Crippen LogP) is 8.92. The average molecular weight is 624 g/mol. The summed E-state index contributed by atoms with van der Waals surface area (Å²) in [4.78, 5) is 13.1. The number of thioether (sulfide) groups is 1. The molecule has 7 rings (SSSR count). The van der Waals surface area contributed by atoms with Crippen LogP contribution in [0, 0.1) is 11.8 Å². The summed E-state index contributed by atoms with van der Waals surface area (Å²) in [5, 5.41) is 6.81. The quantitative estimate of drug-likeness (QED) is 0.172. The Balaban J connectivity index is 1.04. The molecular weight excluding hydrogens is 591 g/mol. The molecule has 1 heterocycles. The number of methoxy groups -OCH3 is 1. The van der Waals surface area contributed by atoms with Gasteiger partial charge in [0.05, 0.1) is 25.4 Å². The van der Waals surface area contributed by atoms with Crippen LogP contribution in [-0.4, -0.2) is 36.0 Å². The second-order valence-corrected chi connectivity index (χ2v) is 13.2. The average Bonchev–Trinajstić information content (AvgIpc) is 3.73. The number of carbonyl (C=O) groups is 1. The van der Waals surface area contributed by atoms with Gasteiger partial charge in [-0.2, -0.15) is 0 Å². The minimum absolute atomic E-state index is 0.0640. The molecule has 230 valence electrons. The van der Waals surface area contributed by atoms with Crippen LogP contribution in [0.5, 0.6) is 5.75 Å². The van der Waals surface area contributed by atoms with Crippen molar-refractivity contribution in [1.82, 2.24) is 5.16 Å². The summed E-state index contributed by atoms with van der Waals surface area (Å²) < 4.78 is 60.8. The SMILES string of the molecule is COC(=O)c1ccc2cc(S[C@@H]3[C@@H]4CC[C@H]3C[C@@H](OCc3c(-c5ccccc5OC(F)(F)F)noc3C3CC3)C4)ccc2c1. The fourth-order valence-electron chi connectivity index (χ4n) is 6.86. The zero-order valence-electron chi connectivity index (χ0n) is 24.1. The largest absolute Gasteiger partial charge is 0.573 e. The van der Waals surface area contributed by atoms with Crippen LogP contribution in [0.2, 0.25) is 0 Å². The van der Waals surface area contributed by atoms with Crippen LogP contribution in [0.1, 0.15) is 66.1 Å². The van der Waals surface area contributed by atoms with Crippen LogP contribution >= 0.6 is 11.8 Å². The lowest BCUT2D eigenvalue weighted by molar-refractivity contribution is -0.274. The Morgan fingerprint density at radius 1 is 0.977 bits per heavy atom. The minimum atomic E-state index is -4.81. The Bertz CT molecular complexity index is 1670. The molecular formula is C34H32F3NO5S. The summed E-state index contributed by atoms with van der Waals surface area (Å²) in [5.74, 6) is 1.33. The number of hydrogen-bond acceptors (Lipinski definition) is 7. The van der Waals surface area contributed by atoms with Crippen LogP contribution in [0.4, 0.5) is 13.2 Å². The number of para-hydroxylation sites is 1. The van der Waals surface area contributed by atoms with Gasteiger partial charge in [-0.1, -0.05) is 29.4 Å². The summed E-state index contributed by atoms with van der Waals surface area (Å²) in [6, 6.07) is 18.1. The number of ether oxygens (including phenoxy) is 3.